The van der Waals surface area contributed by atoms with Gasteiger partial charge in [0.2, 0.25) is 5.91 Å². The summed E-state index contributed by atoms with van der Waals surface area (Å²) in [5, 5.41) is 2.70. The van der Waals surface area contributed by atoms with Gasteiger partial charge in [0.05, 0.1) is 16.8 Å². The lowest BCUT2D eigenvalue weighted by Gasteiger charge is -2.23. The number of carbonyl (C=O) groups is 1. The number of carbonyl (C=O) groups excluding carboxylic acids is 1. The third kappa shape index (κ3) is 2.47. The van der Waals surface area contributed by atoms with Crippen molar-refractivity contribution < 1.29 is 9.18 Å². The van der Waals surface area contributed by atoms with Crippen LogP contribution in [0.2, 0.25) is 5.02 Å². The molecule has 4 heterocycles. The second-order valence-corrected chi connectivity index (χ2v) is 7.24. The molecule has 0 spiro atoms. The first-order valence-electron chi connectivity index (χ1n) is 8.62. The van der Waals surface area contributed by atoms with E-state index in [2.05, 4.69) is 25.3 Å². The molecular formula is C19H13ClFN7O. The van der Waals surface area contributed by atoms with Crippen LogP contribution in [-0.2, 0) is 10.2 Å². The SMILES string of the molecule is CC1(c2ccc(Cl)c(F)c2)C(=O)Nc2nc(-c3cn4ccnc4cn3)nc(N)c21. The van der Waals surface area contributed by atoms with Gasteiger partial charge in [-0.1, -0.05) is 17.7 Å². The number of nitrogens with zero attached hydrogens (tertiary/aromatic N) is 5. The Morgan fingerprint density at radius 1 is 1.28 bits per heavy atom. The predicted molar refractivity (Wildman–Crippen MR) is 105 cm³/mol. The molecule has 0 saturated heterocycles. The van der Waals surface area contributed by atoms with Crippen molar-refractivity contribution in [3.63, 3.8) is 0 Å². The van der Waals surface area contributed by atoms with Gasteiger partial charge in [-0.25, -0.2) is 24.3 Å². The van der Waals surface area contributed by atoms with Crippen molar-refractivity contribution in [2.45, 2.75) is 12.3 Å². The van der Waals surface area contributed by atoms with Gasteiger partial charge in [0.15, 0.2) is 11.5 Å². The molecule has 8 nitrogen and oxygen atoms in total. The molecule has 10 heteroatoms. The molecule has 1 atom stereocenters. The lowest BCUT2D eigenvalue weighted by Crippen LogP contribution is -2.33. The first-order valence-corrected chi connectivity index (χ1v) is 9.00. The molecule has 1 amide bonds. The standard InChI is InChI=1S/C19H13ClFN7O/c1-19(9-2-3-10(20)11(21)6-9)14-15(22)25-16(26-17(14)27-18(19)29)12-8-28-5-4-23-13(28)7-24-12/h2-8H,1H3,(H3,22,25,26,27,29). The highest BCUT2D eigenvalue weighted by Crippen LogP contribution is 2.45. The van der Waals surface area contributed by atoms with E-state index in [0.29, 0.717) is 22.5 Å². The highest BCUT2D eigenvalue weighted by atomic mass is 35.5. The van der Waals surface area contributed by atoms with Gasteiger partial charge in [-0.3, -0.25) is 4.79 Å². The normalized spacial score (nSPS) is 18.1. The van der Waals surface area contributed by atoms with E-state index in [-0.39, 0.29) is 28.4 Å². The van der Waals surface area contributed by atoms with Crippen LogP contribution in [0.15, 0.2) is 43.0 Å². The van der Waals surface area contributed by atoms with Crippen LogP contribution in [0.1, 0.15) is 18.1 Å². The molecule has 1 unspecified atom stereocenters. The Hall–Kier alpha value is -3.59. The number of amides is 1. The van der Waals surface area contributed by atoms with Crippen molar-refractivity contribution >= 4 is 34.8 Å². The number of nitrogen functional groups attached to an aromatic ring is 1. The first-order chi connectivity index (χ1) is 13.9. The molecule has 5 rings (SSSR count). The zero-order chi connectivity index (χ0) is 20.3. The van der Waals surface area contributed by atoms with Gasteiger partial charge < -0.3 is 15.5 Å². The summed E-state index contributed by atoms with van der Waals surface area (Å²) >= 11 is 5.78. The van der Waals surface area contributed by atoms with E-state index >= 15 is 0 Å². The van der Waals surface area contributed by atoms with Crippen LogP contribution >= 0.6 is 11.6 Å². The molecule has 0 bridgehead atoms. The minimum Gasteiger partial charge on any atom is -0.383 e. The predicted octanol–water partition coefficient (Wildman–Crippen LogP) is 2.82. The minimum absolute atomic E-state index is 0.0310. The second-order valence-electron chi connectivity index (χ2n) is 6.83. The van der Waals surface area contributed by atoms with Crippen molar-refractivity contribution in [1.82, 2.24) is 24.3 Å². The number of nitrogens with one attached hydrogen (secondary N) is 1. The third-order valence-corrected chi connectivity index (χ3v) is 5.43. The van der Waals surface area contributed by atoms with Gasteiger partial charge in [0.1, 0.15) is 28.6 Å². The topological polar surface area (TPSA) is 111 Å². The summed E-state index contributed by atoms with van der Waals surface area (Å²) in [5.41, 5.74) is 6.90. The molecule has 144 valence electrons. The highest BCUT2D eigenvalue weighted by Gasteiger charge is 2.47. The molecular weight excluding hydrogens is 397 g/mol. The van der Waals surface area contributed by atoms with E-state index in [0.717, 1.165) is 0 Å². The Morgan fingerprint density at radius 2 is 2.10 bits per heavy atom. The number of halogens is 2. The number of hydrogen-bond acceptors (Lipinski definition) is 6. The Bertz CT molecular complexity index is 1320. The minimum atomic E-state index is -1.26. The lowest BCUT2D eigenvalue weighted by molar-refractivity contribution is -0.119. The van der Waals surface area contributed by atoms with Crippen molar-refractivity contribution in [1.29, 1.82) is 0 Å². The van der Waals surface area contributed by atoms with Crippen LogP contribution in [0.25, 0.3) is 17.2 Å². The molecule has 1 aromatic carbocycles. The average molecular weight is 410 g/mol. The molecule has 0 fully saturated rings. The Kier molecular flexibility index (Phi) is 3.59. The number of benzene rings is 1. The van der Waals surface area contributed by atoms with Gasteiger partial charge in [0.25, 0.3) is 0 Å². The average Bonchev–Trinajstić information content (AvgIpc) is 3.26. The van der Waals surface area contributed by atoms with Crippen LogP contribution < -0.4 is 11.1 Å². The number of fused-ring (bicyclic) bond motifs is 2. The molecule has 29 heavy (non-hydrogen) atoms. The van der Waals surface area contributed by atoms with Gasteiger partial charge in [-0.15, -0.1) is 0 Å². The van der Waals surface area contributed by atoms with E-state index in [1.807, 2.05) is 0 Å². The van der Waals surface area contributed by atoms with E-state index in [4.69, 9.17) is 17.3 Å². The lowest BCUT2D eigenvalue weighted by atomic mass is 9.77. The van der Waals surface area contributed by atoms with Crippen LogP contribution in [0.4, 0.5) is 16.0 Å². The summed E-state index contributed by atoms with van der Waals surface area (Å²) in [4.78, 5) is 30.1. The molecule has 3 N–H and O–H groups in total. The van der Waals surface area contributed by atoms with Gasteiger partial charge in [0, 0.05) is 18.6 Å². The summed E-state index contributed by atoms with van der Waals surface area (Å²) in [6, 6.07) is 4.21. The maximum Gasteiger partial charge on any atom is 0.240 e. The molecule has 1 aliphatic rings. The fraction of sp³-hybridized carbons (Fsp3) is 0.105. The van der Waals surface area contributed by atoms with E-state index in [1.165, 1.54) is 12.1 Å². The number of hydrogen-bond donors (Lipinski definition) is 2. The monoisotopic (exact) mass is 409 g/mol. The molecule has 1 aliphatic heterocycles. The largest absolute Gasteiger partial charge is 0.383 e. The van der Waals surface area contributed by atoms with E-state index in [9.17, 15) is 9.18 Å². The summed E-state index contributed by atoms with van der Waals surface area (Å²) < 4.78 is 15.8. The third-order valence-electron chi connectivity index (χ3n) is 5.13. The van der Waals surface area contributed by atoms with Crippen molar-refractivity contribution in [2.24, 2.45) is 0 Å². The molecule has 4 aromatic rings. The number of nitrogens with two attached hydrogens (primary N) is 1. The molecule has 0 saturated carbocycles. The van der Waals surface area contributed by atoms with E-state index in [1.54, 1.807) is 42.2 Å². The fourth-order valence-corrected chi connectivity index (χ4v) is 3.66. The Labute approximate surface area is 168 Å². The van der Waals surface area contributed by atoms with Crippen LogP contribution in [0, 0.1) is 5.82 Å². The van der Waals surface area contributed by atoms with Crippen LogP contribution in [0.5, 0.6) is 0 Å². The van der Waals surface area contributed by atoms with E-state index < -0.39 is 11.2 Å². The quantitative estimate of drug-likeness (QED) is 0.526. The van der Waals surface area contributed by atoms with Crippen LogP contribution in [0.3, 0.4) is 0 Å². The summed E-state index contributed by atoms with van der Waals surface area (Å²) in [7, 11) is 0. The maximum atomic E-state index is 14.1. The van der Waals surface area contributed by atoms with Crippen molar-refractivity contribution in [3.05, 3.63) is 65.0 Å². The zero-order valence-corrected chi connectivity index (χ0v) is 15.8. The fourth-order valence-electron chi connectivity index (χ4n) is 3.55. The zero-order valence-electron chi connectivity index (χ0n) is 15.0. The van der Waals surface area contributed by atoms with Gasteiger partial charge in [-0.05, 0) is 24.6 Å². The second kappa shape index (κ2) is 5.95. The van der Waals surface area contributed by atoms with Crippen LogP contribution in [-0.4, -0.2) is 30.2 Å². The van der Waals surface area contributed by atoms with Crippen molar-refractivity contribution in [2.75, 3.05) is 11.1 Å². The number of rotatable bonds is 2. The summed E-state index contributed by atoms with van der Waals surface area (Å²) in [6.07, 6.45) is 6.72. The smallest absolute Gasteiger partial charge is 0.240 e. The summed E-state index contributed by atoms with van der Waals surface area (Å²) in [6.45, 7) is 1.64. The molecule has 0 radical (unpaired) electrons. The number of aromatic nitrogens is 5. The van der Waals surface area contributed by atoms with Crippen molar-refractivity contribution in [3.8, 4) is 11.5 Å². The maximum absolute atomic E-state index is 14.1. The number of anilines is 2. The Morgan fingerprint density at radius 3 is 2.90 bits per heavy atom. The molecule has 3 aromatic heterocycles. The highest BCUT2D eigenvalue weighted by molar-refractivity contribution is 6.30. The Balaban J connectivity index is 1.67. The number of imidazole rings is 1. The van der Waals surface area contributed by atoms with Gasteiger partial charge >= 0.3 is 0 Å². The molecule has 0 aliphatic carbocycles. The summed E-state index contributed by atoms with van der Waals surface area (Å²) in [5.74, 6) is -0.383. The van der Waals surface area contributed by atoms with Gasteiger partial charge in [-0.2, -0.15) is 0 Å². The first kappa shape index (κ1) is 17.5.